The van der Waals surface area contributed by atoms with Gasteiger partial charge in [-0.15, -0.1) is 0 Å². The molecule has 0 aromatic heterocycles. The van der Waals surface area contributed by atoms with Gasteiger partial charge in [0, 0.05) is 6.42 Å². The Bertz CT molecular complexity index is 186. The molecule has 1 heterocycles. The zero-order valence-corrected chi connectivity index (χ0v) is 5.97. The summed E-state index contributed by atoms with van der Waals surface area (Å²) in [7, 11) is 0. The molecular weight excluding hydrogens is 128 g/mol. The Kier molecular flexibility index (Phi) is 0.710. The van der Waals surface area contributed by atoms with Gasteiger partial charge in [0.05, 0.1) is 17.3 Å². The van der Waals surface area contributed by atoms with Gasteiger partial charge in [-0.25, -0.2) is 0 Å². The largest absolute Gasteiger partial charge is 0.390 e. The Labute approximate surface area is 60.2 Å². The molecule has 1 aliphatic heterocycles. The second-order valence-corrected chi connectivity index (χ2v) is 4.07. The first kappa shape index (κ1) is 5.56. The van der Waals surface area contributed by atoms with E-state index in [4.69, 9.17) is 4.74 Å². The van der Waals surface area contributed by atoms with Crippen LogP contribution in [0.5, 0.6) is 0 Å². The van der Waals surface area contributed by atoms with Gasteiger partial charge in [-0.1, -0.05) is 0 Å². The first-order chi connectivity index (χ1) is 4.75. The Balaban J connectivity index is 1.83. The van der Waals surface area contributed by atoms with Crippen molar-refractivity contribution in [3.8, 4) is 0 Å². The number of ether oxygens (including phenoxy) is 1. The lowest BCUT2D eigenvalue weighted by atomic mass is 10.1. The summed E-state index contributed by atoms with van der Waals surface area (Å²) in [4.78, 5) is 0. The van der Waals surface area contributed by atoms with E-state index in [9.17, 15) is 5.11 Å². The lowest BCUT2D eigenvalue weighted by Gasteiger charge is -2.09. The molecule has 10 heavy (non-hydrogen) atoms. The minimum Gasteiger partial charge on any atom is -0.390 e. The summed E-state index contributed by atoms with van der Waals surface area (Å²) in [5, 5.41) is 9.25. The second-order valence-electron chi connectivity index (χ2n) is 4.07. The Morgan fingerprint density at radius 1 is 1.20 bits per heavy atom. The molecule has 2 heteroatoms. The van der Waals surface area contributed by atoms with E-state index >= 15 is 0 Å². The van der Waals surface area contributed by atoms with Crippen LogP contribution in [0, 0.1) is 0 Å². The van der Waals surface area contributed by atoms with E-state index in [1.54, 1.807) is 0 Å². The highest BCUT2D eigenvalue weighted by molar-refractivity contribution is 5.16. The normalized spacial score (nSPS) is 54.3. The monoisotopic (exact) mass is 140 g/mol. The zero-order valence-electron chi connectivity index (χ0n) is 5.97. The molecule has 56 valence electrons. The topological polar surface area (TPSA) is 29.5 Å². The van der Waals surface area contributed by atoms with Gasteiger partial charge in [-0.3, -0.25) is 0 Å². The van der Waals surface area contributed by atoms with Crippen molar-refractivity contribution >= 4 is 0 Å². The highest BCUT2D eigenvalue weighted by Crippen LogP contribution is 2.61. The molecule has 3 rings (SSSR count). The van der Waals surface area contributed by atoms with Crippen LogP contribution < -0.4 is 0 Å². The Morgan fingerprint density at radius 2 is 1.80 bits per heavy atom. The first-order valence-electron chi connectivity index (χ1n) is 4.13. The van der Waals surface area contributed by atoms with E-state index < -0.39 is 0 Å². The van der Waals surface area contributed by atoms with E-state index in [0.29, 0.717) is 0 Å². The van der Waals surface area contributed by atoms with Crippen LogP contribution in [0.15, 0.2) is 0 Å². The summed E-state index contributed by atoms with van der Waals surface area (Å²) in [6, 6.07) is 0. The fraction of sp³-hybridized carbons (Fsp3) is 1.00. The van der Waals surface area contributed by atoms with E-state index in [0.717, 1.165) is 12.8 Å². The quantitative estimate of drug-likeness (QED) is 0.540. The van der Waals surface area contributed by atoms with E-state index in [2.05, 4.69) is 0 Å². The van der Waals surface area contributed by atoms with Crippen molar-refractivity contribution in [2.75, 3.05) is 0 Å². The lowest BCUT2D eigenvalue weighted by Crippen LogP contribution is -2.16. The molecule has 2 spiro atoms. The van der Waals surface area contributed by atoms with Gasteiger partial charge in [0.2, 0.25) is 0 Å². The summed E-state index contributed by atoms with van der Waals surface area (Å²) in [5.74, 6) is 0. The molecule has 1 saturated heterocycles. The molecule has 0 bridgehead atoms. The van der Waals surface area contributed by atoms with Gasteiger partial charge in [0.1, 0.15) is 0 Å². The van der Waals surface area contributed by atoms with Gasteiger partial charge in [0.25, 0.3) is 0 Å². The first-order valence-corrected chi connectivity index (χ1v) is 4.13. The molecule has 0 radical (unpaired) electrons. The molecule has 2 saturated carbocycles. The predicted octanol–water partition coefficient (Wildman–Crippen LogP) is 0.833. The number of rotatable bonds is 0. The minimum absolute atomic E-state index is 0.0451. The lowest BCUT2D eigenvalue weighted by molar-refractivity contribution is -0.0140. The number of hydrogen-bond donors (Lipinski definition) is 1. The summed E-state index contributed by atoms with van der Waals surface area (Å²) < 4.78 is 5.82. The molecule has 1 unspecified atom stereocenters. The minimum atomic E-state index is -0.132. The third-order valence-corrected chi connectivity index (χ3v) is 3.22. The molecule has 0 amide bonds. The predicted molar refractivity (Wildman–Crippen MR) is 35.6 cm³/mol. The maximum atomic E-state index is 9.25. The average molecular weight is 140 g/mol. The van der Waals surface area contributed by atoms with E-state index in [-0.39, 0.29) is 17.3 Å². The molecule has 2 nitrogen and oxygen atoms in total. The maximum absolute atomic E-state index is 9.25. The fourth-order valence-corrected chi connectivity index (χ4v) is 2.11. The van der Waals surface area contributed by atoms with Crippen LogP contribution in [0.4, 0.5) is 0 Å². The molecule has 2 aliphatic carbocycles. The van der Waals surface area contributed by atoms with E-state index in [1.807, 2.05) is 0 Å². The third kappa shape index (κ3) is 0.523. The van der Waals surface area contributed by atoms with Crippen LogP contribution in [0.3, 0.4) is 0 Å². The van der Waals surface area contributed by atoms with Crippen LogP contribution in [0.1, 0.15) is 32.1 Å². The average Bonchev–Trinajstić information content (AvgIpc) is 2.68. The SMILES string of the molecule is O[C@@H]1CC12CCC1(CC1)O2. The van der Waals surface area contributed by atoms with Crippen molar-refractivity contribution in [3.05, 3.63) is 0 Å². The summed E-state index contributed by atoms with van der Waals surface area (Å²) in [6.07, 6.45) is 5.54. The number of hydrogen-bond acceptors (Lipinski definition) is 2. The van der Waals surface area contributed by atoms with E-state index in [1.165, 1.54) is 19.3 Å². The summed E-state index contributed by atoms with van der Waals surface area (Å²) >= 11 is 0. The second kappa shape index (κ2) is 1.28. The van der Waals surface area contributed by atoms with Crippen molar-refractivity contribution in [2.24, 2.45) is 0 Å². The molecule has 0 aromatic carbocycles. The third-order valence-electron chi connectivity index (χ3n) is 3.22. The van der Waals surface area contributed by atoms with Gasteiger partial charge in [-0.05, 0) is 25.7 Å². The van der Waals surface area contributed by atoms with Crippen molar-refractivity contribution < 1.29 is 9.84 Å². The fourth-order valence-electron chi connectivity index (χ4n) is 2.11. The molecule has 3 fully saturated rings. The maximum Gasteiger partial charge on any atom is 0.0975 e. The number of aliphatic hydroxyl groups excluding tert-OH is 1. The zero-order chi connectivity index (χ0) is 6.82. The molecule has 3 aliphatic rings. The smallest absolute Gasteiger partial charge is 0.0975 e. The Morgan fingerprint density at radius 3 is 2.10 bits per heavy atom. The van der Waals surface area contributed by atoms with Gasteiger partial charge in [0.15, 0.2) is 0 Å². The van der Waals surface area contributed by atoms with Crippen LogP contribution >= 0.6 is 0 Å². The van der Waals surface area contributed by atoms with Crippen LogP contribution in [0.25, 0.3) is 0 Å². The highest BCUT2D eigenvalue weighted by Gasteiger charge is 2.66. The molecular formula is C8H12O2. The molecule has 2 atom stereocenters. The molecule has 0 aromatic rings. The van der Waals surface area contributed by atoms with Gasteiger partial charge in [-0.2, -0.15) is 0 Å². The van der Waals surface area contributed by atoms with Crippen LogP contribution in [-0.2, 0) is 4.74 Å². The summed E-state index contributed by atoms with van der Waals surface area (Å²) in [6.45, 7) is 0. The summed E-state index contributed by atoms with van der Waals surface area (Å²) in [5.41, 5.74) is 0.216. The van der Waals surface area contributed by atoms with Gasteiger partial charge >= 0.3 is 0 Å². The molecule has 1 N–H and O–H groups in total. The van der Waals surface area contributed by atoms with Crippen molar-refractivity contribution in [1.29, 1.82) is 0 Å². The number of aliphatic hydroxyl groups is 1. The van der Waals surface area contributed by atoms with Crippen LogP contribution in [0.2, 0.25) is 0 Å². The van der Waals surface area contributed by atoms with Crippen molar-refractivity contribution in [1.82, 2.24) is 0 Å². The van der Waals surface area contributed by atoms with Gasteiger partial charge < -0.3 is 9.84 Å². The van der Waals surface area contributed by atoms with Crippen molar-refractivity contribution in [2.45, 2.75) is 49.4 Å². The van der Waals surface area contributed by atoms with Crippen molar-refractivity contribution in [3.63, 3.8) is 0 Å². The Hall–Kier alpha value is -0.0800. The van der Waals surface area contributed by atoms with Crippen LogP contribution in [-0.4, -0.2) is 22.4 Å². The highest BCUT2D eigenvalue weighted by atomic mass is 16.6. The standard InChI is InChI=1S/C8H12O2/c9-6-5-8(6)4-3-7(10-8)1-2-7/h6,9H,1-5H2/t6-,8?/m1/s1.